The van der Waals surface area contributed by atoms with Crippen LogP contribution in [0.1, 0.15) is 5.69 Å². The van der Waals surface area contributed by atoms with E-state index in [0.29, 0.717) is 0 Å². The zero-order chi connectivity index (χ0) is 19.3. The summed E-state index contributed by atoms with van der Waals surface area (Å²) in [5.74, 6) is 3.10. The van der Waals surface area contributed by atoms with Crippen LogP contribution in [0.15, 0.2) is 60.7 Å². The van der Waals surface area contributed by atoms with Gasteiger partial charge in [0.2, 0.25) is 5.95 Å². The van der Waals surface area contributed by atoms with Crippen LogP contribution < -0.4 is 15.0 Å². The van der Waals surface area contributed by atoms with Gasteiger partial charge in [0.05, 0.1) is 5.69 Å². The molecular weight excluding hydrogens is 350 g/mol. The van der Waals surface area contributed by atoms with Crippen molar-refractivity contribution < 1.29 is 4.74 Å². The highest BCUT2D eigenvalue weighted by molar-refractivity contribution is 5.65. The molecule has 0 atom stereocenters. The Labute approximate surface area is 165 Å². The van der Waals surface area contributed by atoms with Crippen LogP contribution in [-0.4, -0.2) is 48.1 Å². The van der Waals surface area contributed by atoms with Gasteiger partial charge < -0.3 is 19.9 Å². The summed E-state index contributed by atoms with van der Waals surface area (Å²) in [5, 5.41) is 3.41. The standard InChI is InChI=1S/C22H25N5O/c1-17-16-21(25-22(23-17)27-14-12-26(2)13-15-27)24-19-10-6-7-11-20(19)28-18-8-4-3-5-9-18/h3-11,16H,12-15H2,1-2H3,(H,23,24,25). The molecule has 0 aliphatic carbocycles. The van der Waals surface area contributed by atoms with Crippen LogP contribution in [0.3, 0.4) is 0 Å². The lowest BCUT2D eigenvalue weighted by Gasteiger charge is -2.32. The Kier molecular flexibility index (Phi) is 5.39. The largest absolute Gasteiger partial charge is 0.455 e. The SMILES string of the molecule is Cc1cc(Nc2ccccc2Oc2ccccc2)nc(N2CCN(C)CC2)n1. The molecule has 3 aromatic rings. The van der Waals surface area contributed by atoms with Gasteiger partial charge in [-0.25, -0.2) is 4.98 Å². The van der Waals surface area contributed by atoms with Crippen molar-refractivity contribution in [1.82, 2.24) is 14.9 Å². The van der Waals surface area contributed by atoms with Gasteiger partial charge in [0, 0.05) is 37.9 Å². The summed E-state index contributed by atoms with van der Waals surface area (Å²) in [4.78, 5) is 14.0. The summed E-state index contributed by atoms with van der Waals surface area (Å²) in [6, 6.07) is 19.6. The minimum absolute atomic E-state index is 0.756. The Balaban J connectivity index is 1.56. The lowest BCUT2D eigenvalue weighted by molar-refractivity contribution is 0.311. The van der Waals surface area contributed by atoms with Gasteiger partial charge in [-0.3, -0.25) is 0 Å². The molecule has 6 heteroatoms. The van der Waals surface area contributed by atoms with Gasteiger partial charge in [-0.2, -0.15) is 4.98 Å². The average molecular weight is 375 g/mol. The zero-order valence-electron chi connectivity index (χ0n) is 16.3. The van der Waals surface area contributed by atoms with Gasteiger partial charge >= 0.3 is 0 Å². The molecular formula is C22H25N5O. The monoisotopic (exact) mass is 375 g/mol. The fourth-order valence-electron chi connectivity index (χ4n) is 3.18. The smallest absolute Gasteiger partial charge is 0.227 e. The minimum atomic E-state index is 0.756. The number of rotatable bonds is 5. The lowest BCUT2D eigenvalue weighted by atomic mass is 10.2. The van der Waals surface area contributed by atoms with Crippen molar-refractivity contribution in [2.24, 2.45) is 0 Å². The van der Waals surface area contributed by atoms with E-state index in [1.807, 2.05) is 67.6 Å². The number of nitrogens with one attached hydrogen (secondary N) is 1. The molecule has 0 unspecified atom stereocenters. The number of nitrogens with zero attached hydrogens (tertiary/aromatic N) is 4. The van der Waals surface area contributed by atoms with Crippen molar-refractivity contribution in [2.45, 2.75) is 6.92 Å². The van der Waals surface area contributed by atoms with Crippen LogP contribution in [-0.2, 0) is 0 Å². The van der Waals surface area contributed by atoms with Crippen LogP contribution in [0, 0.1) is 6.92 Å². The van der Waals surface area contributed by atoms with E-state index in [9.17, 15) is 0 Å². The maximum absolute atomic E-state index is 6.05. The Morgan fingerprint density at radius 2 is 1.61 bits per heavy atom. The van der Waals surface area contributed by atoms with Crippen LogP contribution in [0.5, 0.6) is 11.5 Å². The van der Waals surface area contributed by atoms with Gasteiger partial charge in [-0.05, 0) is 38.2 Å². The van der Waals surface area contributed by atoms with Crippen molar-refractivity contribution in [3.8, 4) is 11.5 Å². The quantitative estimate of drug-likeness (QED) is 0.725. The Bertz CT molecular complexity index is 923. The van der Waals surface area contributed by atoms with Crippen LogP contribution >= 0.6 is 0 Å². The number of para-hydroxylation sites is 3. The summed E-state index contributed by atoms with van der Waals surface area (Å²) in [6.45, 7) is 5.92. The molecule has 1 aliphatic rings. The minimum Gasteiger partial charge on any atom is -0.455 e. The highest BCUT2D eigenvalue weighted by Crippen LogP contribution is 2.31. The highest BCUT2D eigenvalue weighted by atomic mass is 16.5. The fourth-order valence-corrected chi connectivity index (χ4v) is 3.18. The van der Waals surface area contributed by atoms with Crippen molar-refractivity contribution in [1.29, 1.82) is 0 Å². The molecule has 144 valence electrons. The highest BCUT2D eigenvalue weighted by Gasteiger charge is 2.17. The molecule has 6 nitrogen and oxygen atoms in total. The third-order valence-corrected chi connectivity index (χ3v) is 4.75. The number of benzene rings is 2. The Hall–Kier alpha value is -3.12. The molecule has 1 saturated heterocycles. The molecule has 0 radical (unpaired) electrons. The van der Waals surface area contributed by atoms with Crippen LogP contribution in [0.2, 0.25) is 0 Å². The van der Waals surface area contributed by atoms with Gasteiger partial charge in [0.25, 0.3) is 0 Å². The van der Waals surface area contributed by atoms with Gasteiger partial charge in [0.15, 0.2) is 5.75 Å². The van der Waals surface area contributed by atoms with E-state index in [1.165, 1.54) is 0 Å². The fraction of sp³-hybridized carbons (Fsp3) is 0.273. The second-order valence-electron chi connectivity index (χ2n) is 7.02. The normalized spacial score (nSPS) is 14.7. The van der Waals surface area contributed by atoms with Crippen LogP contribution in [0.4, 0.5) is 17.5 Å². The van der Waals surface area contributed by atoms with Crippen molar-refractivity contribution in [3.63, 3.8) is 0 Å². The molecule has 2 heterocycles. The number of anilines is 3. The molecule has 0 amide bonds. The van der Waals surface area contributed by atoms with Gasteiger partial charge in [-0.1, -0.05) is 30.3 Å². The Morgan fingerprint density at radius 3 is 2.39 bits per heavy atom. The first kappa shape index (κ1) is 18.3. The number of aryl methyl sites for hydroxylation is 1. The predicted octanol–water partition coefficient (Wildman–Crippen LogP) is 4.07. The van der Waals surface area contributed by atoms with Crippen molar-refractivity contribution in [3.05, 3.63) is 66.4 Å². The van der Waals surface area contributed by atoms with E-state index in [-0.39, 0.29) is 0 Å². The molecule has 1 N–H and O–H groups in total. The maximum Gasteiger partial charge on any atom is 0.227 e. The molecule has 0 saturated carbocycles. The third kappa shape index (κ3) is 4.40. The van der Waals surface area contributed by atoms with Crippen molar-refractivity contribution in [2.75, 3.05) is 43.4 Å². The number of aromatic nitrogens is 2. The van der Waals surface area contributed by atoms with E-state index in [1.54, 1.807) is 0 Å². The van der Waals surface area contributed by atoms with Gasteiger partial charge in [0.1, 0.15) is 11.6 Å². The summed E-state index contributed by atoms with van der Waals surface area (Å²) < 4.78 is 6.05. The average Bonchev–Trinajstić information content (AvgIpc) is 2.70. The number of ether oxygens (including phenoxy) is 1. The zero-order valence-corrected chi connectivity index (χ0v) is 16.3. The maximum atomic E-state index is 6.05. The second-order valence-corrected chi connectivity index (χ2v) is 7.02. The van der Waals surface area contributed by atoms with Crippen LogP contribution in [0.25, 0.3) is 0 Å². The predicted molar refractivity (Wildman–Crippen MR) is 113 cm³/mol. The second kappa shape index (κ2) is 8.27. The number of likely N-dealkylation sites (N-methyl/N-ethyl adjacent to an activating group) is 1. The number of hydrogen-bond acceptors (Lipinski definition) is 6. The van der Waals surface area contributed by atoms with Crippen molar-refractivity contribution >= 4 is 17.5 Å². The topological polar surface area (TPSA) is 53.5 Å². The summed E-state index contributed by atoms with van der Waals surface area (Å²) in [7, 11) is 2.14. The molecule has 1 fully saturated rings. The van der Waals surface area contributed by atoms with E-state index in [4.69, 9.17) is 9.72 Å². The third-order valence-electron chi connectivity index (χ3n) is 4.75. The molecule has 0 bridgehead atoms. The van der Waals surface area contributed by atoms with Gasteiger partial charge in [-0.15, -0.1) is 0 Å². The number of hydrogen-bond donors (Lipinski definition) is 1. The first-order chi connectivity index (χ1) is 13.7. The summed E-state index contributed by atoms with van der Waals surface area (Å²) >= 11 is 0. The molecule has 0 spiro atoms. The molecule has 1 aromatic heterocycles. The first-order valence-corrected chi connectivity index (χ1v) is 9.55. The summed E-state index contributed by atoms with van der Waals surface area (Å²) in [5.41, 5.74) is 1.81. The molecule has 2 aromatic carbocycles. The number of piperazine rings is 1. The summed E-state index contributed by atoms with van der Waals surface area (Å²) in [6.07, 6.45) is 0. The molecule has 4 rings (SSSR count). The van der Waals surface area contributed by atoms with E-state index in [2.05, 4.69) is 27.1 Å². The first-order valence-electron chi connectivity index (χ1n) is 9.55. The van der Waals surface area contributed by atoms with E-state index in [0.717, 1.165) is 60.8 Å². The lowest BCUT2D eigenvalue weighted by Crippen LogP contribution is -2.45. The molecule has 28 heavy (non-hydrogen) atoms. The van der Waals surface area contributed by atoms with E-state index < -0.39 is 0 Å². The Morgan fingerprint density at radius 1 is 0.893 bits per heavy atom. The van der Waals surface area contributed by atoms with E-state index >= 15 is 0 Å². The molecule has 1 aliphatic heterocycles.